The molecule has 0 bridgehead atoms. The maximum atomic E-state index is 12.0. The van der Waals surface area contributed by atoms with Gasteiger partial charge in [-0.2, -0.15) is 0 Å². The van der Waals surface area contributed by atoms with Crippen molar-refractivity contribution in [1.29, 1.82) is 0 Å². The predicted molar refractivity (Wildman–Crippen MR) is 67.1 cm³/mol. The van der Waals surface area contributed by atoms with Crippen molar-refractivity contribution in [3.63, 3.8) is 0 Å². The van der Waals surface area contributed by atoms with Crippen LogP contribution >= 0.6 is 0 Å². The first kappa shape index (κ1) is 12.6. The fraction of sp³-hybridized carbons (Fsp3) is 0.429. The number of esters is 1. The van der Waals surface area contributed by atoms with Gasteiger partial charge < -0.3 is 10.1 Å². The molecule has 1 N–H and O–H groups in total. The summed E-state index contributed by atoms with van der Waals surface area (Å²) in [6.45, 7) is 3.71. The summed E-state index contributed by atoms with van der Waals surface area (Å²) >= 11 is 0. The van der Waals surface area contributed by atoms with Crippen molar-refractivity contribution in [2.24, 2.45) is 0 Å². The summed E-state index contributed by atoms with van der Waals surface area (Å²) in [7, 11) is 0. The normalized spacial score (nSPS) is 18.2. The number of nitrogens with one attached hydrogen (secondary N) is 1. The van der Waals surface area contributed by atoms with Gasteiger partial charge in [0.15, 0.2) is 0 Å². The lowest BCUT2D eigenvalue weighted by atomic mass is 9.77. The molecule has 0 saturated carbocycles. The molecular weight excluding hydrogens is 230 g/mol. The van der Waals surface area contributed by atoms with Gasteiger partial charge in [-0.25, -0.2) is 4.79 Å². The van der Waals surface area contributed by atoms with Gasteiger partial charge in [-0.15, -0.1) is 0 Å². The molecule has 1 aliphatic rings. The average Bonchev–Trinajstić information content (AvgIpc) is 2.31. The maximum absolute atomic E-state index is 12.0. The molecule has 0 saturated heterocycles. The minimum Gasteiger partial charge on any atom is -0.464 e. The highest BCUT2D eigenvalue weighted by molar-refractivity contribution is 5.90. The largest absolute Gasteiger partial charge is 0.464 e. The number of benzene rings is 1. The molecule has 1 aromatic rings. The molecule has 1 aromatic carbocycles. The number of carbonyl (C=O) groups is 2. The van der Waals surface area contributed by atoms with Crippen molar-refractivity contribution in [2.75, 3.05) is 6.61 Å². The molecule has 2 rings (SSSR count). The monoisotopic (exact) mass is 247 g/mol. The molecule has 0 heterocycles. The maximum Gasteiger partial charge on any atom is 0.328 e. The highest BCUT2D eigenvalue weighted by atomic mass is 16.5. The molecule has 0 spiro atoms. The van der Waals surface area contributed by atoms with Gasteiger partial charge in [0.2, 0.25) is 5.91 Å². The number of hydrogen-bond donors (Lipinski definition) is 1. The highest BCUT2D eigenvalue weighted by Gasteiger charge is 2.33. The van der Waals surface area contributed by atoms with Gasteiger partial charge in [-0.1, -0.05) is 24.3 Å². The van der Waals surface area contributed by atoms with Crippen molar-refractivity contribution < 1.29 is 14.3 Å². The molecule has 96 valence electrons. The van der Waals surface area contributed by atoms with Gasteiger partial charge in [-0.05, 0) is 31.4 Å². The summed E-state index contributed by atoms with van der Waals surface area (Å²) in [4.78, 5) is 23.4. The van der Waals surface area contributed by atoms with Crippen molar-refractivity contribution in [3.8, 4) is 0 Å². The summed E-state index contributed by atoms with van der Waals surface area (Å²) in [6, 6.07) is 7.28. The molecule has 4 heteroatoms. The summed E-state index contributed by atoms with van der Waals surface area (Å²) in [5.74, 6) is -0.620. The minimum atomic E-state index is -0.592. The zero-order valence-corrected chi connectivity index (χ0v) is 10.6. The van der Waals surface area contributed by atoms with Crippen molar-refractivity contribution in [3.05, 3.63) is 35.4 Å². The molecule has 0 aromatic heterocycles. The lowest BCUT2D eigenvalue weighted by Gasteiger charge is -2.29. The van der Waals surface area contributed by atoms with Crippen LogP contribution in [-0.2, 0) is 20.7 Å². The van der Waals surface area contributed by atoms with Crippen molar-refractivity contribution in [1.82, 2.24) is 5.32 Å². The van der Waals surface area contributed by atoms with Crippen LogP contribution in [0.3, 0.4) is 0 Å². The van der Waals surface area contributed by atoms with Crippen LogP contribution in [0.25, 0.3) is 0 Å². The number of hydrogen-bond acceptors (Lipinski definition) is 3. The minimum absolute atomic E-state index is 0.103. The van der Waals surface area contributed by atoms with Crippen molar-refractivity contribution in [2.45, 2.75) is 32.2 Å². The Bertz CT molecular complexity index is 470. The van der Waals surface area contributed by atoms with E-state index in [1.807, 2.05) is 24.3 Å². The van der Waals surface area contributed by atoms with E-state index in [-0.39, 0.29) is 11.8 Å². The SMILES string of the molecule is CCOC(=O)C(C)NC(=O)C1Cc2ccccc21. The number of amides is 1. The summed E-state index contributed by atoms with van der Waals surface area (Å²) < 4.78 is 4.85. The van der Waals surface area contributed by atoms with Crippen LogP contribution in [0.5, 0.6) is 0 Å². The summed E-state index contributed by atoms with van der Waals surface area (Å²) in [5.41, 5.74) is 2.27. The van der Waals surface area contributed by atoms with Crippen molar-refractivity contribution >= 4 is 11.9 Å². The molecule has 2 unspecified atom stereocenters. The van der Waals surface area contributed by atoms with Crippen LogP contribution in [0.2, 0.25) is 0 Å². The lowest BCUT2D eigenvalue weighted by molar-refractivity contribution is -0.147. The van der Waals surface area contributed by atoms with Crippen LogP contribution < -0.4 is 5.32 Å². The fourth-order valence-corrected chi connectivity index (χ4v) is 2.13. The first-order valence-electron chi connectivity index (χ1n) is 6.18. The Morgan fingerprint density at radius 1 is 1.44 bits per heavy atom. The van der Waals surface area contributed by atoms with E-state index < -0.39 is 12.0 Å². The Hall–Kier alpha value is -1.84. The first-order chi connectivity index (χ1) is 8.63. The number of carbonyl (C=O) groups excluding carboxylic acids is 2. The Kier molecular flexibility index (Phi) is 3.65. The van der Waals surface area contributed by atoms with Crippen LogP contribution in [0.1, 0.15) is 30.9 Å². The summed E-state index contributed by atoms with van der Waals surface area (Å²) in [5, 5.41) is 2.69. The summed E-state index contributed by atoms with van der Waals surface area (Å²) in [6.07, 6.45) is 0.748. The quantitative estimate of drug-likeness (QED) is 0.818. The van der Waals surface area contributed by atoms with Gasteiger partial charge in [0.05, 0.1) is 12.5 Å². The standard InChI is InChI=1S/C14H17NO3/c1-3-18-14(17)9(2)15-13(16)12-8-10-6-4-5-7-11(10)12/h4-7,9,12H,3,8H2,1-2H3,(H,15,16). The third kappa shape index (κ3) is 2.37. The zero-order valence-electron chi connectivity index (χ0n) is 10.6. The van der Waals surface area contributed by atoms with E-state index in [1.54, 1.807) is 13.8 Å². The first-order valence-corrected chi connectivity index (χ1v) is 6.18. The molecule has 0 fully saturated rings. The van der Waals surface area contributed by atoms with E-state index in [2.05, 4.69) is 5.32 Å². The molecule has 18 heavy (non-hydrogen) atoms. The van der Waals surface area contributed by atoms with Gasteiger partial charge in [0.25, 0.3) is 0 Å². The Morgan fingerprint density at radius 3 is 2.83 bits per heavy atom. The zero-order chi connectivity index (χ0) is 13.1. The van der Waals surface area contributed by atoms with Crippen LogP contribution in [0.15, 0.2) is 24.3 Å². The van der Waals surface area contributed by atoms with E-state index in [1.165, 1.54) is 5.56 Å². The van der Waals surface area contributed by atoms with E-state index >= 15 is 0 Å². The van der Waals surface area contributed by atoms with Gasteiger partial charge in [0, 0.05) is 0 Å². The van der Waals surface area contributed by atoms with Crippen LogP contribution in [0.4, 0.5) is 0 Å². The highest BCUT2D eigenvalue weighted by Crippen LogP contribution is 2.34. The molecule has 0 radical (unpaired) electrons. The second-order valence-electron chi connectivity index (χ2n) is 4.44. The third-order valence-corrected chi connectivity index (χ3v) is 3.17. The van der Waals surface area contributed by atoms with E-state index in [0.717, 1.165) is 12.0 Å². The van der Waals surface area contributed by atoms with E-state index in [9.17, 15) is 9.59 Å². The van der Waals surface area contributed by atoms with Gasteiger partial charge in [-0.3, -0.25) is 4.79 Å². The Labute approximate surface area is 106 Å². The topological polar surface area (TPSA) is 55.4 Å². The number of ether oxygens (including phenoxy) is 1. The van der Waals surface area contributed by atoms with Crippen LogP contribution in [0, 0.1) is 0 Å². The lowest BCUT2D eigenvalue weighted by Crippen LogP contribution is -2.44. The number of fused-ring (bicyclic) bond motifs is 1. The fourth-order valence-electron chi connectivity index (χ4n) is 2.13. The number of rotatable bonds is 4. The smallest absolute Gasteiger partial charge is 0.328 e. The van der Waals surface area contributed by atoms with Crippen LogP contribution in [-0.4, -0.2) is 24.5 Å². The molecule has 1 amide bonds. The van der Waals surface area contributed by atoms with E-state index in [4.69, 9.17) is 4.74 Å². The second-order valence-corrected chi connectivity index (χ2v) is 4.44. The average molecular weight is 247 g/mol. The van der Waals surface area contributed by atoms with Gasteiger partial charge in [0.1, 0.15) is 6.04 Å². The molecular formula is C14H17NO3. The molecule has 2 atom stereocenters. The Balaban J connectivity index is 1.93. The van der Waals surface area contributed by atoms with Gasteiger partial charge >= 0.3 is 5.97 Å². The molecule has 4 nitrogen and oxygen atoms in total. The molecule has 0 aliphatic heterocycles. The predicted octanol–water partition coefficient (Wildman–Crippen LogP) is 1.39. The Morgan fingerprint density at radius 2 is 2.17 bits per heavy atom. The van der Waals surface area contributed by atoms with E-state index in [0.29, 0.717) is 6.61 Å². The third-order valence-electron chi connectivity index (χ3n) is 3.17. The second kappa shape index (κ2) is 5.21. The molecule has 1 aliphatic carbocycles.